The van der Waals surface area contributed by atoms with Crippen LogP contribution in [-0.4, -0.2) is 47.2 Å². The van der Waals surface area contributed by atoms with E-state index in [2.05, 4.69) is 4.98 Å². The van der Waals surface area contributed by atoms with Crippen molar-refractivity contribution in [1.29, 1.82) is 0 Å². The Morgan fingerprint density at radius 2 is 2.07 bits per heavy atom. The fourth-order valence-corrected chi connectivity index (χ4v) is 3.11. The van der Waals surface area contributed by atoms with Crippen LogP contribution in [0.15, 0.2) is 28.9 Å². The molecule has 1 aromatic heterocycles. The molecule has 3 rings (SSSR count). The molecule has 0 radical (unpaired) electrons. The van der Waals surface area contributed by atoms with Crippen LogP contribution in [0, 0.1) is 0 Å². The number of rotatable bonds is 3. The average Bonchev–Trinajstić information content (AvgIpc) is 3.10. The lowest BCUT2D eigenvalue weighted by Gasteiger charge is -2.37. The first-order valence-electron chi connectivity index (χ1n) is 8.77. The molecule has 0 bridgehead atoms. The SMILES string of the molecule is CC(C)(C)OC(=O)N1CCOC[C@H]1c1cc(Cl)cc(-c2nc(C(N)=O)co2)c1. The minimum absolute atomic E-state index is 0.0212. The maximum absolute atomic E-state index is 12.6. The first-order chi connectivity index (χ1) is 13.1. The molecule has 1 saturated heterocycles. The molecule has 2 N–H and O–H groups in total. The van der Waals surface area contributed by atoms with Crippen LogP contribution < -0.4 is 5.73 Å². The van der Waals surface area contributed by atoms with Crippen molar-refractivity contribution in [1.82, 2.24) is 9.88 Å². The van der Waals surface area contributed by atoms with E-state index in [1.165, 1.54) is 6.26 Å². The molecule has 8 nitrogen and oxygen atoms in total. The molecule has 1 aliphatic rings. The Morgan fingerprint density at radius 1 is 1.32 bits per heavy atom. The molecule has 2 aromatic rings. The van der Waals surface area contributed by atoms with Crippen molar-refractivity contribution < 1.29 is 23.5 Å². The van der Waals surface area contributed by atoms with E-state index in [-0.39, 0.29) is 17.6 Å². The zero-order chi connectivity index (χ0) is 20.5. The summed E-state index contributed by atoms with van der Waals surface area (Å²) >= 11 is 6.29. The molecule has 0 saturated carbocycles. The summed E-state index contributed by atoms with van der Waals surface area (Å²) < 4.78 is 16.4. The highest BCUT2D eigenvalue weighted by Crippen LogP contribution is 2.32. The number of carbonyl (C=O) groups is 2. The Morgan fingerprint density at radius 3 is 2.71 bits per heavy atom. The van der Waals surface area contributed by atoms with Crippen LogP contribution in [0.25, 0.3) is 11.5 Å². The number of carbonyl (C=O) groups excluding carboxylic acids is 2. The fraction of sp³-hybridized carbons (Fsp3) is 0.421. The van der Waals surface area contributed by atoms with Gasteiger partial charge in [-0.1, -0.05) is 11.6 Å². The number of benzene rings is 1. The van der Waals surface area contributed by atoms with Crippen LogP contribution in [0.1, 0.15) is 42.9 Å². The predicted octanol–water partition coefficient (Wildman–Crippen LogP) is 3.40. The molecular formula is C19H22ClN3O5. The average molecular weight is 408 g/mol. The molecule has 1 aromatic carbocycles. The Bertz CT molecular complexity index is 890. The summed E-state index contributed by atoms with van der Waals surface area (Å²) in [4.78, 5) is 29.6. The summed E-state index contributed by atoms with van der Waals surface area (Å²) in [6.07, 6.45) is 0.768. The normalized spacial score (nSPS) is 17.4. The third-order valence-corrected chi connectivity index (χ3v) is 4.28. The van der Waals surface area contributed by atoms with Crippen LogP contribution in [0.2, 0.25) is 5.02 Å². The lowest BCUT2D eigenvalue weighted by molar-refractivity contribution is -0.0331. The maximum Gasteiger partial charge on any atom is 0.410 e. The van der Waals surface area contributed by atoms with Crippen LogP contribution in [-0.2, 0) is 9.47 Å². The van der Waals surface area contributed by atoms with Gasteiger partial charge in [-0.2, -0.15) is 0 Å². The van der Waals surface area contributed by atoms with Gasteiger partial charge in [0.05, 0.1) is 19.3 Å². The molecule has 9 heteroatoms. The number of ether oxygens (including phenoxy) is 2. The van der Waals surface area contributed by atoms with E-state index in [1.807, 2.05) is 20.8 Å². The van der Waals surface area contributed by atoms with Gasteiger partial charge in [-0.15, -0.1) is 0 Å². The molecule has 2 heterocycles. The molecule has 2 amide bonds. The van der Waals surface area contributed by atoms with E-state index in [1.54, 1.807) is 23.1 Å². The maximum atomic E-state index is 12.6. The summed E-state index contributed by atoms with van der Waals surface area (Å²) in [6.45, 7) is 6.57. The van der Waals surface area contributed by atoms with Crippen molar-refractivity contribution in [2.45, 2.75) is 32.4 Å². The Kier molecular flexibility index (Phi) is 5.62. The van der Waals surface area contributed by atoms with E-state index in [4.69, 9.17) is 31.2 Å². The standard InChI is InChI=1S/C19H22ClN3O5/c1-19(2,3)28-18(25)23-4-5-26-10-15(23)11-6-12(8-13(20)7-11)17-22-14(9-27-17)16(21)24/h6-9,15H,4-5,10H2,1-3H3,(H2,21,24)/t15-/m0/s1. The van der Waals surface area contributed by atoms with Gasteiger partial charge >= 0.3 is 6.09 Å². The molecule has 28 heavy (non-hydrogen) atoms. The van der Waals surface area contributed by atoms with E-state index in [0.29, 0.717) is 30.3 Å². The lowest BCUT2D eigenvalue weighted by atomic mass is 10.0. The van der Waals surface area contributed by atoms with Crippen molar-refractivity contribution in [3.63, 3.8) is 0 Å². The number of nitrogens with two attached hydrogens (primary N) is 1. The summed E-state index contributed by atoms with van der Waals surface area (Å²) in [5.41, 5.74) is 5.94. The number of amides is 2. The third kappa shape index (κ3) is 4.63. The zero-order valence-corrected chi connectivity index (χ0v) is 16.7. The molecule has 1 atom stereocenters. The molecule has 0 aliphatic carbocycles. The molecule has 0 spiro atoms. The highest BCUT2D eigenvalue weighted by atomic mass is 35.5. The minimum Gasteiger partial charge on any atom is -0.444 e. The molecule has 0 unspecified atom stereocenters. The Hall–Kier alpha value is -2.58. The van der Waals surface area contributed by atoms with Crippen LogP contribution in [0.4, 0.5) is 4.79 Å². The van der Waals surface area contributed by atoms with Gasteiger partial charge in [-0.05, 0) is 44.5 Å². The Balaban J connectivity index is 1.93. The zero-order valence-electron chi connectivity index (χ0n) is 15.9. The third-order valence-electron chi connectivity index (χ3n) is 4.06. The highest BCUT2D eigenvalue weighted by Gasteiger charge is 2.32. The number of primary amides is 1. The number of hydrogen-bond acceptors (Lipinski definition) is 6. The first-order valence-corrected chi connectivity index (χ1v) is 9.15. The quantitative estimate of drug-likeness (QED) is 0.835. The highest BCUT2D eigenvalue weighted by molar-refractivity contribution is 6.30. The Labute approximate surface area is 167 Å². The van der Waals surface area contributed by atoms with Crippen molar-refractivity contribution in [3.8, 4) is 11.5 Å². The second kappa shape index (κ2) is 7.81. The van der Waals surface area contributed by atoms with Gasteiger partial charge in [0.15, 0.2) is 5.69 Å². The van der Waals surface area contributed by atoms with Gasteiger partial charge in [0, 0.05) is 17.1 Å². The van der Waals surface area contributed by atoms with E-state index >= 15 is 0 Å². The fourth-order valence-electron chi connectivity index (χ4n) is 2.87. The molecule has 1 fully saturated rings. The topological polar surface area (TPSA) is 108 Å². The van der Waals surface area contributed by atoms with Crippen molar-refractivity contribution in [2.24, 2.45) is 5.73 Å². The smallest absolute Gasteiger partial charge is 0.410 e. The van der Waals surface area contributed by atoms with Gasteiger partial charge in [-0.25, -0.2) is 9.78 Å². The number of hydrogen-bond donors (Lipinski definition) is 1. The van der Waals surface area contributed by atoms with Gasteiger partial charge < -0.3 is 19.6 Å². The number of nitrogens with zero attached hydrogens (tertiary/aromatic N) is 2. The molecular weight excluding hydrogens is 386 g/mol. The number of oxazole rings is 1. The van der Waals surface area contributed by atoms with E-state index in [9.17, 15) is 9.59 Å². The second-order valence-corrected chi connectivity index (χ2v) is 7.88. The number of morpholine rings is 1. The van der Waals surface area contributed by atoms with Gasteiger partial charge in [0.1, 0.15) is 11.9 Å². The number of aromatic nitrogens is 1. The van der Waals surface area contributed by atoms with Gasteiger partial charge in [0.25, 0.3) is 5.91 Å². The van der Waals surface area contributed by atoms with Crippen LogP contribution >= 0.6 is 11.6 Å². The van der Waals surface area contributed by atoms with Crippen molar-refractivity contribution in [3.05, 3.63) is 40.7 Å². The lowest BCUT2D eigenvalue weighted by Crippen LogP contribution is -2.45. The van der Waals surface area contributed by atoms with Crippen LogP contribution in [0.5, 0.6) is 0 Å². The van der Waals surface area contributed by atoms with E-state index in [0.717, 1.165) is 5.56 Å². The summed E-state index contributed by atoms with van der Waals surface area (Å²) in [7, 11) is 0. The van der Waals surface area contributed by atoms with E-state index < -0.39 is 17.6 Å². The predicted molar refractivity (Wildman–Crippen MR) is 102 cm³/mol. The number of halogens is 1. The summed E-state index contributed by atoms with van der Waals surface area (Å²) in [6, 6.07) is 4.81. The summed E-state index contributed by atoms with van der Waals surface area (Å²) in [5, 5.41) is 0.432. The summed E-state index contributed by atoms with van der Waals surface area (Å²) in [5.74, 6) is -0.480. The van der Waals surface area contributed by atoms with Crippen LogP contribution in [0.3, 0.4) is 0 Å². The minimum atomic E-state index is -0.686. The van der Waals surface area contributed by atoms with Crippen molar-refractivity contribution >= 4 is 23.6 Å². The largest absolute Gasteiger partial charge is 0.444 e. The first kappa shape index (κ1) is 20.2. The van der Waals surface area contributed by atoms with Crippen molar-refractivity contribution in [2.75, 3.05) is 19.8 Å². The second-order valence-electron chi connectivity index (χ2n) is 7.44. The monoisotopic (exact) mass is 407 g/mol. The molecule has 1 aliphatic heterocycles. The van der Waals surface area contributed by atoms with Gasteiger partial charge in [-0.3, -0.25) is 9.69 Å². The van der Waals surface area contributed by atoms with Gasteiger partial charge in [0.2, 0.25) is 5.89 Å². The molecule has 150 valence electrons.